The first-order chi connectivity index (χ1) is 5.79. The molecule has 0 fully saturated rings. The van der Waals surface area contributed by atoms with Crippen LogP contribution in [0.4, 0.5) is 0 Å². The molecule has 0 aliphatic heterocycles. The molecule has 2 heterocycles. The first kappa shape index (κ1) is 7.61. The summed E-state index contributed by atoms with van der Waals surface area (Å²) in [5.74, 6) is 0.913. The average Bonchev–Trinajstić information content (AvgIpc) is 2.43. The van der Waals surface area contributed by atoms with E-state index in [1.807, 2.05) is 19.4 Å². The number of H-pyrrole nitrogens is 1. The van der Waals surface area contributed by atoms with E-state index in [9.17, 15) is 0 Å². The summed E-state index contributed by atoms with van der Waals surface area (Å²) < 4.78 is 0. The molecule has 0 spiro atoms. The van der Waals surface area contributed by atoms with Crippen molar-refractivity contribution in [2.75, 3.05) is 6.26 Å². The fourth-order valence-electron chi connectivity index (χ4n) is 1.11. The molecule has 0 aliphatic carbocycles. The Morgan fingerprint density at radius 2 is 2.33 bits per heavy atom. The summed E-state index contributed by atoms with van der Waals surface area (Å²) in [6.45, 7) is 1.93. The van der Waals surface area contributed by atoms with Crippen LogP contribution in [-0.2, 0) is 0 Å². The van der Waals surface area contributed by atoms with Gasteiger partial charge in [0.05, 0.1) is 5.52 Å². The molecule has 0 saturated heterocycles. The molecule has 0 aliphatic rings. The lowest BCUT2D eigenvalue weighted by atomic mass is 10.4. The maximum absolute atomic E-state index is 4.21. The van der Waals surface area contributed by atoms with Crippen molar-refractivity contribution in [3.63, 3.8) is 0 Å². The van der Waals surface area contributed by atoms with Crippen molar-refractivity contribution in [1.29, 1.82) is 0 Å². The van der Waals surface area contributed by atoms with Crippen molar-refractivity contribution in [2.24, 2.45) is 0 Å². The Kier molecular flexibility index (Phi) is 1.77. The number of thioether (sulfide) groups is 1. The normalized spacial score (nSPS) is 10.8. The fraction of sp³-hybridized carbons (Fsp3) is 0.250. The number of aromatic amines is 1. The average molecular weight is 179 g/mol. The Hall–Kier alpha value is -1.03. The first-order valence-corrected chi connectivity index (χ1v) is 4.88. The van der Waals surface area contributed by atoms with Crippen LogP contribution in [0.1, 0.15) is 5.82 Å². The minimum Gasteiger partial charge on any atom is -0.341 e. The smallest absolute Gasteiger partial charge is 0.177 e. The molecule has 0 unspecified atom stereocenters. The number of aromatic nitrogens is 3. The van der Waals surface area contributed by atoms with Crippen molar-refractivity contribution in [1.82, 2.24) is 15.0 Å². The summed E-state index contributed by atoms with van der Waals surface area (Å²) in [6, 6.07) is 2.06. The fourth-order valence-corrected chi connectivity index (χ4v) is 1.51. The van der Waals surface area contributed by atoms with E-state index in [4.69, 9.17) is 0 Å². The number of nitrogens with one attached hydrogen (secondary N) is 1. The third-order valence-electron chi connectivity index (χ3n) is 1.67. The Balaban J connectivity index is 2.66. The van der Waals surface area contributed by atoms with Gasteiger partial charge in [-0.25, -0.2) is 9.97 Å². The predicted octanol–water partition coefficient (Wildman–Crippen LogP) is 1.99. The largest absolute Gasteiger partial charge is 0.341 e. The van der Waals surface area contributed by atoms with Gasteiger partial charge in [-0.1, -0.05) is 0 Å². The van der Waals surface area contributed by atoms with Gasteiger partial charge in [0.25, 0.3) is 0 Å². The maximum Gasteiger partial charge on any atom is 0.177 e. The summed E-state index contributed by atoms with van der Waals surface area (Å²) in [7, 11) is 0. The number of pyridine rings is 1. The first-order valence-electron chi connectivity index (χ1n) is 3.66. The topological polar surface area (TPSA) is 41.6 Å². The van der Waals surface area contributed by atoms with Gasteiger partial charge in [0.15, 0.2) is 5.65 Å². The zero-order valence-corrected chi connectivity index (χ0v) is 7.77. The van der Waals surface area contributed by atoms with Crippen LogP contribution in [0, 0.1) is 6.92 Å². The van der Waals surface area contributed by atoms with Gasteiger partial charge >= 0.3 is 0 Å². The van der Waals surface area contributed by atoms with E-state index < -0.39 is 0 Å². The summed E-state index contributed by atoms with van der Waals surface area (Å²) in [5.41, 5.74) is 1.81. The van der Waals surface area contributed by atoms with Crippen molar-refractivity contribution < 1.29 is 0 Å². The van der Waals surface area contributed by atoms with Gasteiger partial charge in [-0.2, -0.15) is 0 Å². The van der Waals surface area contributed by atoms with E-state index in [1.165, 1.54) is 0 Å². The van der Waals surface area contributed by atoms with E-state index in [0.29, 0.717) is 0 Å². The summed E-state index contributed by atoms with van der Waals surface area (Å²) >= 11 is 1.68. The predicted molar refractivity (Wildman–Crippen MR) is 50.4 cm³/mol. The van der Waals surface area contributed by atoms with Crippen molar-refractivity contribution in [2.45, 2.75) is 11.8 Å². The molecule has 1 N–H and O–H groups in total. The molecule has 2 aromatic heterocycles. The summed E-state index contributed by atoms with van der Waals surface area (Å²) in [5, 5.41) is 0. The minimum absolute atomic E-state index is 0.797. The van der Waals surface area contributed by atoms with E-state index in [0.717, 1.165) is 21.9 Å². The molecule has 4 heteroatoms. The van der Waals surface area contributed by atoms with Crippen LogP contribution in [0.3, 0.4) is 0 Å². The number of aryl methyl sites for hydroxylation is 1. The second kappa shape index (κ2) is 2.79. The molecule has 0 amide bonds. The van der Waals surface area contributed by atoms with E-state index in [1.54, 1.807) is 11.8 Å². The molecular weight excluding hydrogens is 170 g/mol. The molecule has 0 atom stereocenters. The Labute approximate surface area is 74.6 Å². The quantitative estimate of drug-likeness (QED) is 0.681. The highest BCUT2D eigenvalue weighted by Crippen LogP contribution is 2.17. The van der Waals surface area contributed by atoms with E-state index in [2.05, 4.69) is 21.0 Å². The number of hydrogen-bond acceptors (Lipinski definition) is 3. The SMILES string of the molecule is CSc1cnc2nc(C)[nH]c2c1. The molecule has 0 aromatic carbocycles. The lowest BCUT2D eigenvalue weighted by molar-refractivity contribution is 1.16. The highest BCUT2D eigenvalue weighted by molar-refractivity contribution is 7.98. The number of rotatable bonds is 1. The zero-order chi connectivity index (χ0) is 8.55. The Morgan fingerprint density at radius 1 is 1.50 bits per heavy atom. The molecule has 12 heavy (non-hydrogen) atoms. The van der Waals surface area contributed by atoms with Gasteiger partial charge in [0.1, 0.15) is 5.82 Å². The van der Waals surface area contributed by atoms with E-state index in [-0.39, 0.29) is 0 Å². The van der Waals surface area contributed by atoms with Gasteiger partial charge in [-0.05, 0) is 19.2 Å². The number of imidazole rings is 1. The van der Waals surface area contributed by atoms with Crippen LogP contribution in [0.5, 0.6) is 0 Å². The second-order valence-corrected chi connectivity index (χ2v) is 3.45. The van der Waals surface area contributed by atoms with Crippen LogP contribution in [0.15, 0.2) is 17.2 Å². The van der Waals surface area contributed by atoms with Gasteiger partial charge in [-0.15, -0.1) is 11.8 Å². The molecule has 2 aromatic rings. The monoisotopic (exact) mass is 179 g/mol. The number of hydrogen-bond donors (Lipinski definition) is 1. The molecule has 62 valence electrons. The van der Waals surface area contributed by atoms with Gasteiger partial charge in [-0.3, -0.25) is 0 Å². The Bertz CT molecular complexity index is 408. The maximum atomic E-state index is 4.21. The van der Waals surface area contributed by atoms with Crippen LogP contribution in [-0.4, -0.2) is 21.2 Å². The molecule has 0 bridgehead atoms. The van der Waals surface area contributed by atoms with Crippen LogP contribution in [0.25, 0.3) is 11.2 Å². The highest BCUT2D eigenvalue weighted by Gasteiger charge is 2.00. The number of fused-ring (bicyclic) bond motifs is 1. The second-order valence-electron chi connectivity index (χ2n) is 2.57. The molecule has 2 rings (SSSR count). The molecule has 3 nitrogen and oxygen atoms in total. The lowest BCUT2D eigenvalue weighted by Gasteiger charge is -1.92. The zero-order valence-electron chi connectivity index (χ0n) is 6.96. The molecular formula is C8H9N3S. The third kappa shape index (κ3) is 1.18. The van der Waals surface area contributed by atoms with Gasteiger partial charge in [0.2, 0.25) is 0 Å². The van der Waals surface area contributed by atoms with Crippen molar-refractivity contribution in [3.8, 4) is 0 Å². The Morgan fingerprint density at radius 3 is 3.08 bits per heavy atom. The van der Waals surface area contributed by atoms with Crippen LogP contribution >= 0.6 is 11.8 Å². The summed E-state index contributed by atoms with van der Waals surface area (Å²) in [6.07, 6.45) is 3.87. The molecule has 0 radical (unpaired) electrons. The van der Waals surface area contributed by atoms with Crippen molar-refractivity contribution in [3.05, 3.63) is 18.1 Å². The molecule has 0 saturated carbocycles. The number of nitrogens with zero attached hydrogens (tertiary/aromatic N) is 2. The third-order valence-corrected chi connectivity index (χ3v) is 2.36. The van der Waals surface area contributed by atoms with Gasteiger partial charge < -0.3 is 4.98 Å². The standard InChI is InChI=1S/C8H9N3S/c1-5-10-7-3-6(12-2)4-9-8(7)11-5/h3-4H,1-2H3,(H,9,10,11). The van der Waals surface area contributed by atoms with Crippen LogP contribution < -0.4 is 0 Å². The minimum atomic E-state index is 0.797. The van der Waals surface area contributed by atoms with Gasteiger partial charge in [0, 0.05) is 11.1 Å². The van der Waals surface area contributed by atoms with Crippen molar-refractivity contribution >= 4 is 22.9 Å². The highest BCUT2D eigenvalue weighted by atomic mass is 32.2. The van der Waals surface area contributed by atoms with E-state index >= 15 is 0 Å². The lowest BCUT2D eigenvalue weighted by Crippen LogP contribution is -1.77. The van der Waals surface area contributed by atoms with Crippen LogP contribution in [0.2, 0.25) is 0 Å². The summed E-state index contributed by atoms with van der Waals surface area (Å²) in [4.78, 5) is 12.7.